The Morgan fingerprint density at radius 1 is 1.11 bits per heavy atom. The largest absolute Gasteiger partial charge is 0.510 e. The number of ketones is 2. The molecule has 3 aromatic heterocycles. The van der Waals surface area contributed by atoms with Crippen LogP contribution in [-0.2, 0) is 20.8 Å². The number of aromatic nitrogens is 1. The predicted molar refractivity (Wildman–Crippen MR) is 188 cm³/mol. The van der Waals surface area contributed by atoms with Gasteiger partial charge in [-0.15, -0.1) is 11.3 Å². The molecule has 0 saturated heterocycles. The summed E-state index contributed by atoms with van der Waals surface area (Å²) in [7, 11) is 3.02. The highest BCUT2D eigenvalue weighted by atomic mass is 32.1. The second kappa shape index (κ2) is 15.6. The normalized spacial score (nSPS) is 21.2. The van der Waals surface area contributed by atoms with Gasteiger partial charge in [-0.3, -0.25) is 55.2 Å². The van der Waals surface area contributed by atoms with E-state index in [0.29, 0.717) is 23.0 Å². The number of hydrogen-bond donors (Lipinski definition) is 7. The lowest BCUT2D eigenvalue weighted by molar-refractivity contribution is -0.401. The van der Waals surface area contributed by atoms with Crippen molar-refractivity contribution in [2.45, 2.75) is 24.5 Å². The number of amides is 2. The first-order valence-corrected chi connectivity index (χ1v) is 16.7. The molecular formula is C33H31N7O14S. The molecule has 21 nitrogen and oxygen atoms in total. The summed E-state index contributed by atoms with van der Waals surface area (Å²) in [6.07, 6.45) is 3.44. The van der Waals surface area contributed by atoms with Crippen LogP contribution < -0.4 is 16.6 Å². The highest BCUT2D eigenvalue weighted by Crippen LogP contribution is 2.53. The van der Waals surface area contributed by atoms with Crippen LogP contribution in [0.1, 0.15) is 22.3 Å². The zero-order chi connectivity index (χ0) is 40.4. The van der Waals surface area contributed by atoms with E-state index < -0.39 is 84.9 Å². The second-order valence-corrected chi connectivity index (χ2v) is 13.1. The van der Waals surface area contributed by atoms with Crippen LogP contribution in [0.3, 0.4) is 0 Å². The van der Waals surface area contributed by atoms with Gasteiger partial charge in [0, 0.05) is 28.5 Å². The number of thiazole rings is 1. The van der Waals surface area contributed by atoms with Crippen LogP contribution in [-0.4, -0.2) is 89.8 Å². The standard InChI is InChI=1S/C21H21N3O9.C8H6N4O4S.C4H4O/c1-23(2)15-9-6-7-5-8-10(24(32)33)3-4-11(25)13(8)16(26)12(7)18(28)21(9,31)19(29)14(17(15)27)20(22)30;13-4-9-11-8-10-5(3-17-8)6-1-2-7(16-6)12(14)15;1-2-4-5-3-1/h3-4,7,9,15,25,27-28,31H,5-6H2,1-2H3,(H2,22,30);1-4H,(H,9,13)(H,10,11);1-4H/t7-,9-,15-,21-;;/m0../s1. The van der Waals surface area contributed by atoms with Crippen LogP contribution in [0.15, 0.2) is 85.8 Å². The van der Waals surface area contributed by atoms with E-state index in [9.17, 15) is 59.8 Å². The molecule has 0 spiro atoms. The van der Waals surface area contributed by atoms with Gasteiger partial charge in [0.2, 0.25) is 17.3 Å². The molecule has 0 radical (unpaired) electrons. The first kappa shape index (κ1) is 39.3. The van der Waals surface area contributed by atoms with Crippen LogP contribution >= 0.6 is 11.3 Å². The smallest absolute Gasteiger partial charge is 0.433 e. The Labute approximate surface area is 312 Å². The Morgan fingerprint density at radius 3 is 2.35 bits per heavy atom. The SMILES string of the molecule is CN(C)[C@@H]1C(O)=C(C(N)=O)C(=O)[C@@]2(O)C(O)=C3C(=O)c4c(O)ccc([N+](=O)[O-])c4C[C@H]3C[C@@H]12.O=CNNc1nc(-c2ccc([N+](=O)[O-])o2)cs1.c1ccoc1. The number of anilines is 1. The van der Waals surface area contributed by atoms with Crippen molar-refractivity contribution in [2.24, 2.45) is 17.6 Å². The lowest BCUT2D eigenvalue weighted by atomic mass is 9.58. The van der Waals surface area contributed by atoms with E-state index in [1.165, 1.54) is 42.5 Å². The summed E-state index contributed by atoms with van der Waals surface area (Å²) >= 11 is 1.23. The monoisotopic (exact) mass is 781 g/mol. The number of furan rings is 2. The minimum atomic E-state index is -2.75. The Balaban J connectivity index is 0.000000217. The van der Waals surface area contributed by atoms with Gasteiger partial charge < -0.3 is 35.0 Å². The van der Waals surface area contributed by atoms with Gasteiger partial charge in [0.1, 0.15) is 33.5 Å². The summed E-state index contributed by atoms with van der Waals surface area (Å²) in [6, 6.07) is 7.30. The van der Waals surface area contributed by atoms with Crippen molar-refractivity contribution >= 4 is 51.9 Å². The van der Waals surface area contributed by atoms with Gasteiger partial charge in [-0.05, 0) is 57.1 Å². The van der Waals surface area contributed by atoms with Crippen molar-refractivity contribution in [3.8, 4) is 17.2 Å². The number of benzene rings is 1. The summed E-state index contributed by atoms with van der Waals surface area (Å²) < 4.78 is 9.56. The number of nitro groups is 2. The summed E-state index contributed by atoms with van der Waals surface area (Å²) in [5.74, 6) is -7.99. The third-order valence-corrected chi connectivity index (χ3v) is 9.73. The van der Waals surface area contributed by atoms with E-state index in [2.05, 4.69) is 20.3 Å². The van der Waals surface area contributed by atoms with Crippen LogP contribution in [0, 0.1) is 32.1 Å². The van der Waals surface area contributed by atoms with E-state index in [4.69, 9.17) is 10.2 Å². The van der Waals surface area contributed by atoms with Gasteiger partial charge in [0.05, 0.1) is 35.1 Å². The molecule has 22 heteroatoms. The topological polar surface area (TPSA) is 328 Å². The van der Waals surface area contributed by atoms with Gasteiger partial charge in [-0.25, -0.2) is 4.98 Å². The maximum Gasteiger partial charge on any atom is 0.433 e. The number of rotatable bonds is 8. The lowest BCUT2D eigenvalue weighted by Gasteiger charge is -2.50. The molecule has 55 heavy (non-hydrogen) atoms. The summed E-state index contributed by atoms with van der Waals surface area (Å²) in [5, 5.41) is 67.4. The maximum atomic E-state index is 13.3. The van der Waals surface area contributed by atoms with Crippen molar-refractivity contribution in [1.29, 1.82) is 0 Å². The number of aliphatic hydroxyl groups is 3. The molecule has 3 aliphatic rings. The zero-order valence-electron chi connectivity index (χ0n) is 28.6. The molecule has 3 aliphatic carbocycles. The number of carbonyl (C=O) groups is 4. The number of phenolic OH excluding ortho intramolecular Hbond substituents is 1. The molecule has 0 unspecified atom stereocenters. The number of likely N-dealkylation sites (N-methyl/N-ethyl adjacent to an activating group) is 1. The van der Waals surface area contributed by atoms with Crippen LogP contribution in [0.2, 0.25) is 0 Å². The molecule has 7 rings (SSSR count). The second-order valence-electron chi connectivity index (χ2n) is 12.3. The number of aromatic hydroxyl groups is 1. The molecule has 0 fully saturated rings. The molecule has 8 N–H and O–H groups in total. The molecule has 288 valence electrons. The van der Waals surface area contributed by atoms with E-state index in [-0.39, 0.29) is 29.9 Å². The number of hydrazine groups is 1. The maximum absolute atomic E-state index is 13.3. The van der Waals surface area contributed by atoms with Gasteiger partial charge in [-0.2, -0.15) is 0 Å². The number of primary amides is 1. The fourth-order valence-corrected chi connectivity index (χ4v) is 7.39. The average molecular weight is 782 g/mol. The molecule has 1 aromatic carbocycles. The van der Waals surface area contributed by atoms with E-state index in [0.717, 1.165) is 12.1 Å². The van der Waals surface area contributed by atoms with E-state index in [1.54, 1.807) is 17.9 Å². The summed E-state index contributed by atoms with van der Waals surface area (Å²) in [5.41, 5.74) is 5.63. The van der Waals surface area contributed by atoms with E-state index in [1.807, 2.05) is 12.1 Å². The minimum absolute atomic E-state index is 0.0295. The van der Waals surface area contributed by atoms with Crippen molar-refractivity contribution in [1.82, 2.24) is 15.3 Å². The number of allylic oxidation sites excluding steroid dienone is 1. The number of Topliss-reactive ketones (excluding diaryl/α,β-unsaturated/α-hetero) is 2. The van der Waals surface area contributed by atoms with Crippen LogP contribution in [0.25, 0.3) is 11.5 Å². The van der Waals surface area contributed by atoms with Crippen molar-refractivity contribution in [2.75, 3.05) is 19.5 Å². The average Bonchev–Trinajstić information content (AvgIpc) is 3.93. The third kappa shape index (κ3) is 7.23. The predicted octanol–water partition coefficient (Wildman–Crippen LogP) is 2.69. The fourth-order valence-electron chi connectivity index (χ4n) is 6.73. The zero-order valence-corrected chi connectivity index (χ0v) is 29.4. The van der Waals surface area contributed by atoms with Gasteiger partial charge >= 0.3 is 5.88 Å². The molecule has 4 aromatic rings. The Morgan fingerprint density at radius 2 is 1.80 bits per heavy atom. The van der Waals surface area contributed by atoms with Gasteiger partial charge in [-0.1, -0.05) is 0 Å². The number of fused-ring (bicyclic) bond motifs is 3. The number of nitrogens with one attached hydrogen (secondary N) is 2. The number of nitro benzene ring substituents is 1. The molecular weight excluding hydrogens is 750 g/mol. The first-order chi connectivity index (χ1) is 26.0. The number of carbonyl (C=O) groups excluding carboxylic acids is 4. The van der Waals surface area contributed by atoms with Crippen molar-refractivity contribution < 1.29 is 58.3 Å². The highest BCUT2D eigenvalue weighted by Gasteiger charge is 2.63. The molecule has 2 amide bonds. The van der Waals surface area contributed by atoms with Gasteiger partial charge in [0.15, 0.2) is 17.1 Å². The number of phenols is 1. The Kier molecular flexibility index (Phi) is 11.1. The number of nitrogens with two attached hydrogens (primary N) is 1. The molecule has 3 heterocycles. The third-order valence-electron chi connectivity index (χ3n) is 8.97. The van der Waals surface area contributed by atoms with Crippen molar-refractivity contribution in [3.63, 3.8) is 0 Å². The summed E-state index contributed by atoms with van der Waals surface area (Å²) in [4.78, 5) is 74.5. The highest BCUT2D eigenvalue weighted by molar-refractivity contribution is 7.14. The molecule has 0 bridgehead atoms. The molecule has 0 saturated carbocycles. The Bertz CT molecular complexity index is 2230. The van der Waals surface area contributed by atoms with Gasteiger partial charge in [0.25, 0.3) is 11.6 Å². The number of nitrogens with zero attached hydrogens (tertiary/aromatic N) is 4. The first-order valence-electron chi connectivity index (χ1n) is 15.8. The molecule has 0 aliphatic heterocycles. The number of hydrogen-bond acceptors (Lipinski definition) is 18. The van der Waals surface area contributed by atoms with Crippen molar-refractivity contribution in [3.05, 3.63) is 108 Å². The molecule has 4 atom stereocenters. The minimum Gasteiger partial charge on any atom is -0.510 e. The van der Waals surface area contributed by atoms with Crippen LogP contribution in [0.5, 0.6) is 5.75 Å². The fraction of sp³-hybridized carbons (Fsp3) is 0.242. The lowest BCUT2D eigenvalue weighted by Crippen LogP contribution is -2.63. The van der Waals surface area contributed by atoms with Crippen LogP contribution in [0.4, 0.5) is 16.7 Å². The number of aliphatic hydroxyl groups excluding tert-OH is 2. The van der Waals surface area contributed by atoms with E-state index >= 15 is 0 Å². The summed E-state index contributed by atoms with van der Waals surface area (Å²) in [6.45, 7) is 0. The quantitative estimate of drug-likeness (QED) is 0.0584. The Hall–Kier alpha value is -6.91.